The zero-order chi connectivity index (χ0) is 13.4. The highest BCUT2D eigenvalue weighted by Gasteiger charge is 2.07. The summed E-state index contributed by atoms with van der Waals surface area (Å²) in [5.41, 5.74) is 1.10. The third-order valence-corrected chi connectivity index (χ3v) is 4.34. The molecule has 0 atom stereocenters. The summed E-state index contributed by atoms with van der Waals surface area (Å²) in [7, 11) is 0. The number of halogens is 1. The number of fused-ring (bicyclic) bond motifs is 1. The maximum atomic E-state index is 12.3. The van der Waals surface area contributed by atoms with E-state index in [-0.39, 0.29) is 5.56 Å². The van der Waals surface area contributed by atoms with E-state index in [0.29, 0.717) is 11.9 Å². The first-order valence-electron chi connectivity index (χ1n) is 5.83. The first-order chi connectivity index (χ1) is 9.13. The normalized spacial score (nSPS) is 11.1. The number of aromatic nitrogens is 2. The average Bonchev–Trinajstić information content (AvgIpc) is 2.75. The van der Waals surface area contributed by atoms with E-state index >= 15 is 0 Å². The van der Waals surface area contributed by atoms with Gasteiger partial charge in [0, 0.05) is 9.35 Å². The molecule has 3 aromatic rings. The molecule has 2 aromatic heterocycles. The van der Waals surface area contributed by atoms with Crippen molar-refractivity contribution in [3.8, 4) is 0 Å². The predicted octanol–water partition coefficient (Wildman–Crippen LogP) is 3.58. The topological polar surface area (TPSA) is 34.9 Å². The van der Waals surface area contributed by atoms with Crippen molar-refractivity contribution in [2.75, 3.05) is 0 Å². The van der Waals surface area contributed by atoms with Gasteiger partial charge in [-0.25, -0.2) is 4.98 Å². The van der Waals surface area contributed by atoms with E-state index in [0.717, 1.165) is 19.7 Å². The smallest absolute Gasteiger partial charge is 0.262 e. The van der Waals surface area contributed by atoms with Gasteiger partial charge in [0.25, 0.3) is 5.56 Å². The van der Waals surface area contributed by atoms with Crippen molar-refractivity contribution >= 4 is 37.5 Å². The van der Waals surface area contributed by atoms with Gasteiger partial charge in [0.05, 0.1) is 18.3 Å². The molecule has 3 nitrogen and oxygen atoms in total. The van der Waals surface area contributed by atoms with Gasteiger partial charge in [-0.1, -0.05) is 28.1 Å². The lowest BCUT2D eigenvalue weighted by atomic mass is 10.2. The molecule has 5 heteroatoms. The number of rotatable bonds is 2. The van der Waals surface area contributed by atoms with Crippen molar-refractivity contribution in [2.24, 2.45) is 0 Å². The van der Waals surface area contributed by atoms with Gasteiger partial charge in [0.1, 0.15) is 4.83 Å². The number of benzene rings is 1. The molecule has 0 fully saturated rings. The Morgan fingerprint density at radius 3 is 3.00 bits per heavy atom. The van der Waals surface area contributed by atoms with Crippen LogP contribution in [0.3, 0.4) is 0 Å². The summed E-state index contributed by atoms with van der Waals surface area (Å²) in [5, 5.41) is 0.708. The van der Waals surface area contributed by atoms with Crippen LogP contribution >= 0.6 is 27.3 Å². The number of hydrogen-bond donors (Lipinski definition) is 0. The summed E-state index contributed by atoms with van der Waals surface area (Å²) in [6.07, 6.45) is 1.63. The van der Waals surface area contributed by atoms with Crippen LogP contribution in [0.25, 0.3) is 10.2 Å². The molecule has 19 heavy (non-hydrogen) atoms. The van der Waals surface area contributed by atoms with Crippen LogP contribution in [0, 0.1) is 6.92 Å². The van der Waals surface area contributed by atoms with Crippen LogP contribution < -0.4 is 5.56 Å². The van der Waals surface area contributed by atoms with Gasteiger partial charge in [-0.05, 0) is 30.7 Å². The number of hydrogen-bond acceptors (Lipinski definition) is 3. The highest BCUT2D eigenvalue weighted by molar-refractivity contribution is 9.10. The van der Waals surface area contributed by atoms with Gasteiger partial charge >= 0.3 is 0 Å². The molecule has 0 radical (unpaired) electrons. The fraction of sp³-hybridized carbons (Fsp3) is 0.143. The van der Waals surface area contributed by atoms with Crippen LogP contribution in [-0.2, 0) is 6.54 Å². The minimum Gasteiger partial charge on any atom is -0.294 e. The second-order valence-electron chi connectivity index (χ2n) is 4.38. The van der Waals surface area contributed by atoms with Crippen molar-refractivity contribution in [2.45, 2.75) is 13.5 Å². The maximum Gasteiger partial charge on any atom is 0.262 e. The lowest BCUT2D eigenvalue weighted by Crippen LogP contribution is -2.20. The lowest BCUT2D eigenvalue weighted by molar-refractivity contribution is 0.749. The molecule has 0 bridgehead atoms. The van der Waals surface area contributed by atoms with Crippen LogP contribution in [0.15, 0.2) is 45.9 Å². The predicted molar refractivity (Wildman–Crippen MR) is 81.9 cm³/mol. The van der Waals surface area contributed by atoms with Crippen molar-refractivity contribution in [1.29, 1.82) is 0 Å². The van der Waals surface area contributed by atoms with Gasteiger partial charge in [-0.15, -0.1) is 11.3 Å². The molecule has 0 N–H and O–H groups in total. The molecule has 0 saturated heterocycles. The summed E-state index contributed by atoms with van der Waals surface area (Å²) >= 11 is 4.99. The van der Waals surface area contributed by atoms with E-state index in [2.05, 4.69) is 20.9 Å². The maximum absolute atomic E-state index is 12.3. The van der Waals surface area contributed by atoms with Crippen LogP contribution in [0.2, 0.25) is 0 Å². The van der Waals surface area contributed by atoms with Crippen molar-refractivity contribution < 1.29 is 0 Å². The number of nitrogens with zero attached hydrogens (tertiary/aromatic N) is 2. The number of aryl methyl sites for hydroxylation is 1. The van der Waals surface area contributed by atoms with Gasteiger partial charge in [-0.2, -0.15) is 0 Å². The van der Waals surface area contributed by atoms with Crippen LogP contribution in [-0.4, -0.2) is 9.55 Å². The minimum atomic E-state index is 0.0225. The van der Waals surface area contributed by atoms with E-state index in [1.165, 1.54) is 0 Å². The van der Waals surface area contributed by atoms with E-state index in [4.69, 9.17) is 0 Å². The highest BCUT2D eigenvalue weighted by atomic mass is 79.9. The summed E-state index contributed by atoms with van der Waals surface area (Å²) < 4.78 is 2.66. The van der Waals surface area contributed by atoms with E-state index < -0.39 is 0 Å². The Morgan fingerprint density at radius 1 is 1.37 bits per heavy atom. The minimum absolute atomic E-state index is 0.0225. The van der Waals surface area contributed by atoms with Crippen molar-refractivity contribution in [3.63, 3.8) is 0 Å². The van der Waals surface area contributed by atoms with E-state index in [1.807, 2.05) is 37.3 Å². The Morgan fingerprint density at radius 2 is 2.21 bits per heavy atom. The van der Waals surface area contributed by atoms with Crippen molar-refractivity contribution in [3.05, 3.63) is 61.9 Å². The molecule has 0 aliphatic heterocycles. The molecule has 3 rings (SSSR count). The first kappa shape index (κ1) is 12.6. The highest BCUT2D eigenvalue weighted by Crippen LogP contribution is 2.19. The summed E-state index contributed by atoms with van der Waals surface area (Å²) in [5.74, 6) is 0. The number of thiophene rings is 1. The standard InChI is InChI=1S/C14H11BrN2OS/c1-9-5-12-13(19-9)16-8-17(14(12)18)7-10-3-2-4-11(15)6-10/h2-6,8H,7H2,1H3. The first-order valence-corrected chi connectivity index (χ1v) is 7.44. The summed E-state index contributed by atoms with van der Waals surface area (Å²) in [6, 6.07) is 9.85. The molecule has 0 spiro atoms. The molecule has 0 unspecified atom stereocenters. The molecule has 1 aromatic carbocycles. The lowest BCUT2D eigenvalue weighted by Gasteiger charge is -2.05. The Balaban J connectivity index is 2.06. The quantitative estimate of drug-likeness (QED) is 0.718. The zero-order valence-corrected chi connectivity index (χ0v) is 12.7. The second kappa shape index (κ2) is 4.90. The monoisotopic (exact) mass is 334 g/mol. The molecule has 2 heterocycles. The van der Waals surface area contributed by atoms with Gasteiger partial charge in [-0.3, -0.25) is 9.36 Å². The summed E-state index contributed by atoms with van der Waals surface area (Å²) in [6.45, 7) is 2.53. The zero-order valence-electron chi connectivity index (χ0n) is 10.3. The van der Waals surface area contributed by atoms with Crippen LogP contribution in [0.1, 0.15) is 10.4 Å². The average molecular weight is 335 g/mol. The Bertz CT molecular complexity index is 807. The van der Waals surface area contributed by atoms with E-state index in [9.17, 15) is 4.79 Å². The SMILES string of the molecule is Cc1cc2c(=O)n(Cc3cccc(Br)c3)cnc2s1. The Labute approximate surface area is 122 Å². The molecular formula is C14H11BrN2OS. The molecular weight excluding hydrogens is 324 g/mol. The Kier molecular flexibility index (Phi) is 3.24. The Hall–Kier alpha value is -1.46. The summed E-state index contributed by atoms with van der Waals surface area (Å²) in [4.78, 5) is 18.6. The van der Waals surface area contributed by atoms with Crippen LogP contribution in [0.5, 0.6) is 0 Å². The van der Waals surface area contributed by atoms with E-state index in [1.54, 1.807) is 22.2 Å². The second-order valence-corrected chi connectivity index (χ2v) is 6.53. The van der Waals surface area contributed by atoms with Gasteiger partial charge in [0.2, 0.25) is 0 Å². The fourth-order valence-corrected chi connectivity index (χ4v) is 3.31. The van der Waals surface area contributed by atoms with Gasteiger partial charge < -0.3 is 0 Å². The molecule has 0 aliphatic rings. The third kappa shape index (κ3) is 2.48. The largest absolute Gasteiger partial charge is 0.294 e. The molecule has 0 saturated carbocycles. The third-order valence-electron chi connectivity index (χ3n) is 2.88. The van der Waals surface area contributed by atoms with Gasteiger partial charge in [0.15, 0.2) is 0 Å². The van der Waals surface area contributed by atoms with Crippen LogP contribution in [0.4, 0.5) is 0 Å². The fourth-order valence-electron chi connectivity index (χ4n) is 2.02. The molecule has 96 valence electrons. The van der Waals surface area contributed by atoms with Crippen molar-refractivity contribution in [1.82, 2.24) is 9.55 Å². The molecule has 0 amide bonds. The molecule has 0 aliphatic carbocycles.